The van der Waals surface area contributed by atoms with Gasteiger partial charge in [-0.25, -0.2) is 23.5 Å². The van der Waals surface area contributed by atoms with Gasteiger partial charge >= 0.3 is 12.2 Å². The van der Waals surface area contributed by atoms with E-state index < -0.39 is 40.3 Å². The van der Waals surface area contributed by atoms with Gasteiger partial charge in [0.05, 0.1) is 11.3 Å². The van der Waals surface area contributed by atoms with Crippen LogP contribution in [0.4, 0.5) is 28.0 Å². The minimum absolute atomic E-state index is 0.00644. The first-order valence-corrected chi connectivity index (χ1v) is 11.6. The number of primary amides is 1. The number of amides is 2. The predicted octanol–water partition coefficient (Wildman–Crippen LogP) is 3.74. The van der Waals surface area contributed by atoms with Gasteiger partial charge in [-0.1, -0.05) is 6.92 Å². The second kappa shape index (κ2) is 9.81. The number of anilines is 1. The van der Waals surface area contributed by atoms with Crippen molar-refractivity contribution in [2.45, 2.75) is 62.4 Å². The Balaban J connectivity index is 0.000000244. The molecule has 0 bridgehead atoms. The van der Waals surface area contributed by atoms with Gasteiger partial charge in [-0.2, -0.15) is 13.2 Å². The maximum absolute atomic E-state index is 13.0. The van der Waals surface area contributed by atoms with E-state index in [0.717, 1.165) is 23.8 Å². The van der Waals surface area contributed by atoms with Crippen molar-refractivity contribution in [3.8, 4) is 0 Å². The molecule has 13 heteroatoms. The Bertz CT molecular complexity index is 1030. The molecule has 2 aromatic heterocycles. The molecular formula is C19H24F4N4O3S2. The number of carbonyl (C=O) groups excluding carboxylic acids is 1. The molecule has 2 amide bonds. The molecule has 1 aliphatic rings. The number of carbonyl (C=O) groups is 1. The second-order valence-corrected chi connectivity index (χ2v) is 9.85. The average molecular weight is 497 g/mol. The van der Waals surface area contributed by atoms with Crippen molar-refractivity contribution < 1.29 is 31.7 Å². The van der Waals surface area contributed by atoms with Crippen LogP contribution in [0.1, 0.15) is 54.6 Å². The van der Waals surface area contributed by atoms with Gasteiger partial charge in [-0.05, 0) is 51.2 Å². The predicted molar refractivity (Wildman–Crippen MR) is 114 cm³/mol. The number of aromatic nitrogens is 1. The summed E-state index contributed by atoms with van der Waals surface area (Å²) < 4.78 is 62.8. The van der Waals surface area contributed by atoms with Gasteiger partial charge in [0.1, 0.15) is 20.9 Å². The lowest BCUT2D eigenvalue weighted by atomic mass is 10.0. The quantitative estimate of drug-likeness (QED) is 0.480. The van der Waals surface area contributed by atoms with Gasteiger partial charge in [0, 0.05) is 16.1 Å². The van der Waals surface area contributed by atoms with E-state index >= 15 is 0 Å². The Kier molecular flexibility index (Phi) is 8.02. The molecule has 32 heavy (non-hydrogen) atoms. The zero-order valence-corrected chi connectivity index (χ0v) is 19.2. The van der Waals surface area contributed by atoms with E-state index in [9.17, 15) is 31.7 Å². The van der Waals surface area contributed by atoms with Gasteiger partial charge in [0.25, 0.3) is 0 Å². The van der Waals surface area contributed by atoms with E-state index in [-0.39, 0.29) is 21.9 Å². The molecule has 1 aliphatic carbocycles. The summed E-state index contributed by atoms with van der Waals surface area (Å²) in [6.07, 6.45) is -2.55. The van der Waals surface area contributed by atoms with Crippen LogP contribution in [0.15, 0.2) is 10.3 Å². The zero-order valence-electron chi connectivity index (χ0n) is 17.6. The highest BCUT2D eigenvalue weighted by Gasteiger charge is 2.38. The van der Waals surface area contributed by atoms with E-state index in [1.54, 1.807) is 6.92 Å². The summed E-state index contributed by atoms with van der Waals surface area (Å²) >= 11 is 0.924. The number of thiophene rings is 1. The number of nitrogens with one attached hydrogen (secondary N) is 1. The average Bonchev–Trinajstić information content (AvgIpc) is 3.26. The Morgan fingerprint density at radius 1 is 1.34 bits per heavy atom. The third kappa shape index (κ3) is 6.03. The molecule has 1 unspecified atom stereocenters. The van der Waals surface area contributed by atoms with Crippen molar-refractivity contribution in [3.05, 3.63) is 39.3 Å². The second-order valence-electron chi connectivity index (χ2n) is 7.54. The van der Waals surface area contributed by atoms with Gasteiger partial charge in [0.2, 0.25) is 0 Å². The summed E-state index contributed by atoms with van der Waals surface area (Å²) in [5, 5.41) is 16.9. The zero-order chi connectivity index (χ0) is 24.4. The molecule has 2 heterocycles. The van der Waals surface area contributed by atoms with Crippen LogP contribution < -0.4 is 16.2 Å². The molecule has 3 rings (SSSR count). The van der Waals surface area contributed by atoms with Crippen molar-refractivity contribution in [3.63, 3.8) is 0 Å². The molecule has 0 saturated heterocycles. The molecule has 0 aliphatic heterocycles. The summed E-state index contributed by atoms with van der Waals surface area (Å²) in [6, 6.07) is 0.299. The maximum Gasteiger partial charge on any atom is 0.433 e. The Hall–Kier alpha value is -2.09. The first-order chi connectivity index (χ1) is 14.7. The lowest BCUT2D eigenvalue weighted by Crippen LogP contribution is -2.24. The molecule has 0 spiro atoms. The SMILES string of the molecule is CC(C)(O)c1cc(F)c(S(N)=O)s1.CCc1c(C(F)(F)F)nc2c(c1NC(N)=O)CCC2. The van der Waals surface area contributed by atoms with Gasteiger partial charge in [-0.15, -0.1) is 11.3 Å². The first-order valence-electron chi connectivity index (χ1n) is 9.53. The molecule has 0 aromatic carbocycles. The lowest BCUT2D eigenvalue weighted by molar-refractivity contribution is -0.141. The number of urea groups is 1. The van der Waals surface area contributed by atoms with Crippen LogP contribution in [-0.2, 0) is 42.0 Å². The molecule has 0 fully saturated rings. The first kappa shape index (κ1) is 26.2. The molecule has 6 N–H and O–H groups in total. The van der Waals surface area contributed by atoms with Gasteiger partial charge in [0.15, 0.2) is 5.82 Å². The van der Waals surface area contributed by atoms with E-state index in [4.69, 9.17) is 10.9 Å². The largest absolute Gasteiger partial charge is 0.433 e. The third-order valence-corrected chi connectivity index (χ3v) is 7.16. The van der Waals surface area contributed by atoms with E-state index in [0.29, 0.717) is 29.0 Å². The lowest BCUT2D eigenvalue weighted by Gasteiger charge is -2.18. The Morgan fingerprint density at radius 3 is 2.38 bits per heavy atom. The van der Waals surface area contributed by atoms with Gasteiger partial charge < -0.3 is 16.2 Å². The summed E-state index contributed by atoms with van der Waals surface area (Å²) in [6.45, 7) is 4.66. The standard InChI is InChI=1S/C12H14F3N3O.C7H10FNO2S2/c1-2-6-9(18-11(16)19)7-4-3-5-8(7)17-10(6)12(13,14)15;1-7(2,10)5-3-4(8)6(12-5)13(9)11/h2-5H2,1H3,(H3,16,17,18,19);3,10H,9H2,1-2H3. The van der Waals surface area contributed by atoms with Crippen molar-refractivity contribution in [1.29, 1.82) is 0 Å². The number of hydrogen-bond donors (Lipinski definition) is 4. The van der Waals surface area contributed by atoms with Crippen molar-refractivity contribution >= 4 is 34.0 Å². The number of aryl methyl sites for hydroxylation is 1. The van der Waals surface area contributed by atoms with Crippen molar-refractivity contribution in [2.75, 3.05) is 5.32 Å². The van der Waals surface area contributed by atoms with Crippen molar-refractivity contribution in [1.82, 2.24) is 4.98 Å². The number of pyridine rings is 1. The van der Waals surface area contributed by atoms with Crippen LogP contribution in [-0.4, -0.2) is 20.3 Å². The molecule has 7 nitrogen and oxygen atoms in total. The summed E-state index contributed by atoms with van der Waals surface area (Å²) in [7, 11) is -1.82. The number of hydrogen-bond acceptors (Lipinski definition) is 5. The normalized spacial score (nSPS) is 14.4. The number of fused-ring (bicyclic) bond motifs is 1. The number of nitrogens with two attached hydrogens (primary N) is 2. The van der Waals surface area contributed by atoms with Crippen LogP contribution >= 0.6 is 11.3 Å². The monoisotopic (exact) mass is 496 g/mol. The minimum Gasteiger partial charge on any atom is -0.385 e. The Morgan fingerprint density at radius 2 is 1.97 bits per heavy atom. The van der Waals surface area contributed by atoms with E-state index in [2.05, 4.69) is 10.3 Å². The van der Waals surface area contributed by atoms with Crippen LogP contribution in [0, 0.1) is 5.82 Å². The number of alkyl halides is 3. The highest BCUT2D eigenvalue weighted by Crippen LogP contribution is 2.39. The number of halogens is 4. The smallest absolute Gasteiger partial charge is 0.385 e. The van der Waals surface area contributed by atoms with E-state index in [1.807, 2.05) is 0 Å². The van der Waals surface area contributed by atoms with Crippen LogP contribution in [0.3, 0.4) is 0 Å². The number of nitrogens with zero attached hydrogens (tertiary/aromatic N) is 1. The molecular weight excluding hydrogens is 472 g/mol. The van der Waals surface area contributed by atoms with Crippen LogP contribution in [0.2, 0.25) is 0 Å². The highest BCUT2D eigenvalue weighted by atomic mass is 32.2. The number of rotatable bonds is 4. The fraction of sp³-hybridized carbons (Fsp3) is 0.474. The fourth-order valence-electron chi connectivity index (χ4n) is 3.27. The summed E-state index contributed by atoms with van der Waals surface area (Å²) in [4.78, 5) is 15.2. The fourth-order valence-corrected chi connectivity index (χ4v) is 4.88. The van der Waals surface area contributed by atoms with Crippen LogP contribution in [0.25, 0.3) is 0 Å². The number of aliphatic hydroxyl groups is 1. The maximum atomic E-state index is 13.0. The van der Waals surface area contributed by atoms with Crippen molar-refractivity contribution in [2.24, 2.45) is 10.9 Å². The molecule has 0 saturated carbocycles. The molecule has 178 valence electrons. The highest BCUT2D eigenvalue weighted by molar-refractivity contribution is 7.85. The van der Waals surface area contributed by atoms with Gasteiger partial charge in [-0.3, -0.25) is 0 Å². The topological polar surface area (TPSA) is 131 Å². The molecule has 2 aromatic rings. The molecule has 1 atom stereocenters. The summed E-state index contributed by atoms with van der Waals surface area (Å²) in [5.74, 6) is -0.622. The third-order valence-electron chi connectivity index (χ3n) is 4.64. The van der Waals surface area contributed by atoms with E-state index in [1.165, 1.54) is 13.8 Å². The Labute approximate surface area is 188 Å². The molecule has 0 radical (unpaired) electrons. The summed E-state index contributed by atoms with van der Waals surface area (Å²) in [5.41, 5.74) is 4.31. The van der Waals surface area contributed by atoms with Crippen LogP contribution in [0.5, 0.6) is 0 Å². The minimum atomic E-state index is -4.53.